The summed E-state index contributed by atoms with van der Waals surface area (Å²) >= 11 is 8.71. The molecule has 0 aliphatic carbocycles. The summed E-state index contributed by atoms with van der Waals surface area (Å²) in [6.07, 6.45) is 0.0216. The minimum atomic E-state index is -1.07. The molecule has 0 aliphatic rings. The van der Waals surface area contributed by atoms with Gasteiger partial charge in [0.1, 0.15) is 11.6 Å². The number of ether oxygens (including phenoxy) is 1. The lowest BCUT2D eigenvalue weighted by Gasteiger charge is -2.15. The first kappa shape index (κ1) is 14.3. The van der Waals surface area contributed by atoms with Crippen LogP contribution in [0.2, 0.25) is 5.02 Å². The Bertz CT molecular complexity index is 425. The summed E-state index contributed by atoms with van der Waals surface area (Å²) in [7, 11) is 0. The van der Waals surface area contributed by atoms with Gasteiger partial charge in [-0.1, -0.05) is 24.9 Å². The Balaban J connectivity index is 2.93. The Morgan fingerprint density at radius 1 is 1.65 bits per heavy atom. The lowest BCUT2D eigenvalue weighted by atomic mass is 10.2. The van der Waals surface area contributed by atoms with Gasteiger partial charge in [0, 0.05) is 6.07 Å². The molecule has 1 aromatic carbocycles. The van der Waals surface area contributed by atoms with Crippen LogP contribution in [0, 0.1) is 5.82 Å². The Labute approximate surface area is 112 Å². The van der Waals surface area contributed by atoms with Crippen molar-refractivity contribution in [1.29, 1.82) is 0 Å². The number of carboxylic acid groups (broad SMARTS) is 1. The van der Waals surface area contributed by atoms with Crippen LogP contribution in [0.1, 0.15) is 19.8 Å². The second-order valence-electron chi connectivity index (χ2n) is 3.43. The van der Waals surface area contributed by atoms with E-state index in [4.69, 9.17) is 21.4 Å². The van der Waals surface area contributed by atoms with E-state index < -0.39 is 17.9 Å². The summed E-state index contributed by atoms with van der Waals surface area (Å²) in [5.41, 5.74) is 0. The van der Waals surface area contributed by atoms with Gasteiger partial charge in [-0.3, -0.25) is 0 Å². The highest BCUT2D eigenvalue weighted by Crippen LogP contribution is 2.31. The average Bonchev–Trinajstić information content (AvgIpc) is 2.24. The molecule has 1 unspecified atom stereocenters. The van der Waals surface area contributed by atoms with Crippen LogP contribution >= 0.6 is 27.5 Å². The highest BCUT2D eigenvalue weighted by molar-refractivity contribution is 9.10. The minimum absolute atomic E-state index is 0.0495. The number of carboxylic acids is 1. The molecule has 1 aromatic rings. The normalized spacial score (nSPS) is 12.2. The van der Waals surface area contributed by atoms with Crippen LogP contribution in [0.15, 0.2) is 16.6 Å². The van der Waals surface area contributed by atoms with Crippen LogP contribution in [0.25, 0.3) is 0 Å². The topological polar surface area (TPSA) is 46.5 Å². The number of aliphatic carboxylic acids is 1. The first-order valence-electron chi connectivity index (χ1n) is 4.99. The highest BCUT2D eigenvalue weighted by atomic mass is 79.9. The molecule has 94 valence electrons. The van der Waals surface area contributed by atoms with Gasteiger partial charge in [0.25, 0.3) is 0 Å². The van der Waals surface area contributed by atoms with E-state index in [1.54, 1.807) is 0 Å². The fourth-order valence-electron chi connectivity index (χ4n) is 1.24. The van der Waals surface area contributed by atoms with E-state index in [1.165, 1.54) is 6.07 Å². The van der Waals surface area contributed by atoms with E-state index in [2.05, 4.69) is 15.9 Å². The molecule has 17 heavy (non-hydrogen) atoms. The lowest BCUT2D eigenvalue weighted by molar-refractivity contribution is -0.145. The molecule has 0 aliphatic heterocycles. The van der Waals surface area contributed by atoms with Gasteiger partial charge in [0.2, 0.25) is 0 Å². The summed E-state index contributed by atoms with van der Waals surface area (Å²) in [5, 5.41) is 8.87. The van der Waals surface area contributed by atoms with Crippen molar-refractivity contribution in [3.63, 3.8) is 0 Å². The van der Waals surface area contributed by atoms with Gasteiger partial charge in [-0.25, -0.2) is 9.18 Å². The SMILES string of the molecule is CCCC(Oc1cc(F)c(Cl)cc1Br)C(=O)O. The smallest absolute Gasteiger partial charge is 0.344 e. The number of benzene rings is 1. The summed E-state index contributed by atoms with van der Waals surface area (Å²) in [6, 6.07) is 2.40. The third-order valence-corrected chi connectivity index (χ3v) is 2.98. The van der Waals surface area contributed by atoms with Crippen molar-refractivity contribution in [3.05, 3.63) is 27.4 Å². The summed E-state index contributed by atoms with van der Waals surface area (Å²) in [4.78, 5) is 10.9. The van der Waals surface area contributed by atoms with Crippen molar-refractivity contribution >= 4 is 33.5 Å². The highest BCUT2D eigenvalue weighted by Gasteiger charge is 2.20. The lowest BCUT2D eigenvalue weighted by Crippen LogP contribution is -2.26. The van der Waals surface area contributed by atoms with E-state index >= 15 is 0 Å². The molecule has 0 aromatic heterocycles. The molecule has 1 N–H and O–H groups in total. The molecule has 0 spiro atoms. The maximum atomic E-state index is 13.2. The molecule has 1 atom stereocenters. The number of rotatable bonds is 5. The van der Waals surface area contributed by atoms with Gasteiger partial charge >= 0.3 is 5.97 Å². The van der Waals surface area contributed by atoms with Gasteiger partial charge < -0.3 is 9.84 Å². The van der Waals surface area contributed by atoms with Gasteiger partial charge in [0.05, 0.1) is 9.50 Å². The second kappa shape index (κ2) is 6.21. The average molecular weight is 326 g/mol. The number of carbonyl (C=O) groups is 1. The molecular formula is C11H11BrClFO3. The number of hydrogen-bond donors (Lipinski definition) is 1. The van der Waals surface area contributed by atoms with Crippen LogP contribution in [0.4, 0.5) is 4.39 Å². The Morgan fingerprint density at radius 3 is 2.82 bits per heavy atom. The maximum Gasteiger partial charge on any atom is 0.344 e. The predicted octanol–water partition coefficient (Wildman–Crippen LogP) is 3.87. The van der Waals surface area contributed by atoms with Gasteiger partial charge in [-0.05, 0) is 28.4 Å². The first-order valence-corrected chi connectivity index (χ1v) is 6.16. The summed E-state index contributed by atoms with van der Waals surface area (Å²) in [6.45, 7) is 1.84. The van der Waals surface area contributed by atoms with E-state index in [9.17, 15) is 9.18 Å². The fraction of sp³-hybridized carbons (Fsp3) is 0.364. The van der Waals surface area contributed by atoms with Crippen molar-refractivity contribution in [2.24, 2.45) is 0 Å². The first-order chi connectivity index (χ1) is 7.95. The van der Waals surface area contributed by atoms with Crippen LogP contribution in [-0.4, -0.2) is 17.2 Å². The van der Waals surface area contributed by atoms with E-state index in [0.29, 0.717) is 17.3 Å². The Kier molecular flexibility index (Phi) is 5.21. The van der Waals surface area contributed by atoms with E-state index in [0.717, 1.165) is 6.07 Å². The maximum absolute atomic E-state index is 13.2. The molecule has 0 fully saturated rings. The monoisotopic (exact) mass is 324 g/mol. The molecule has 1 rings (SSSR count). The predicted molar refractivity (Wildman–Crippen MR) is 66.1 cm³/mol. The van der Waals surface area contributed by atoms with Crippen molar-refractivity contribution in [1.82, 2.24) is 0 Å². The van der Waals surface area contributed by atoms with Crippen LogP contribution in [0.5, 0.6) is 5.75 Å². The largest absolute Gasteiger partial charge is 0.479 e. The van der Waals surface area contributed by atoms with Crippen molar-refractivity contribution < 1.29 is 19.0 Å². The molecule has 0 saturated carbocycles. The number of halogens is 3. The molecule has 0 saturated heterocycles. The van der Waals surface area contributed by atoms with Gasteiger partial charge in [-0.2, -0.15) is 0 Å². The minimum Gasteiger partial charge on any atom is -0.479 e. The standard InChI is InChI=1S/C11H11BrClFO3/c1-2-3-9(11(15)16)17-10-5-8(14)7(13)4-6(10)12/h4-5,9H,2-3H2,1H3,(H,15,16). The molecule has 6 heteroatoms. The molecule has 0 radical (unpaired) electrons. The number of hydrogen-bond acceptors (Lipinski definition) is 2. The summed E-state index contributed by atoms with van der Waals surface area (Å²) in [5.74, 6) is -1.59. The fourth-order valence-corrected chi connectivity index (χ4v) is 1.98. The molecular weight excluding hydrogens is 314 g/mol. The summed E-state index contributed by atoms with van der Waals surface area (Å²) < 4.78 is 18.9. The van der Waals surface area contributed by atoms with Crippen LogP contribution < -0.4 is 4.74 Å². The van der Waals surface area contributed by atoms with E-state index in [1.807, 2.05) is 6.92 Å². The van der Waals surface area contributed by atoms with Gasteiger partial charge in [0.15, 0.2) is 6.10 Å². The zero-order valence-corrected chi connectivity index (χ0v) is 11.4. The van der Waals surface area contributed by atoms with Crippen LogP contribution in [-0.2, 0) is 4.79 Å². The molecule has 3 nitrogen and oxygen atoms in total. The van der Waals surface area contributed by atoms with Crippen molar-refractivity contribution in [2.75, 3.05) is 0 Å². The van der Waals surface area contributed by atoms with Crippen molar-refractivity contribution in [3.8, 4) is 5.75 Å². The third-order valence-electron chi connectivity index (χ3n) is 2.07. The quantitative estimate of drug-likeness (QED) is 0.836. The van der Waals surface area contributed by atoms with E-state index in [-0.39, 0.29) is 10.8 Å². The van der Waals surface area contributed by atoms with Crippen molar-refractivity contribution in [2.45, 2.75) is 25.9 Å². The van der Waals surface area contributed by atoms with Crippen LogP contribution in [0.3, 0.4) is 0 Å². The zero-order valence-electron chi connectivity index (χ0n) is 9.04. The Morgan fingerprint density at radius 2 is 2.29 bits per heavy atom. The molecule has 0 bridgehead atoms. The van der Waals surface area contributed by atoms with Gasteiger partial charge in [-0.15, -0.1) is 0 Å². The molecule has 0 amide bonds. The third kappa shape index (κ3) is 3.85. The Hall–Kier alpha value is -0.810. The zero-order chi connectivity index (χ0) is 13.0. The second-order valence-corrected chi connectivity index (χ2v) is 4.69. The molecule has 0 heterocycles.